The predicted molar refractivity (Wildman–Crippen MR) is 76.0 cm³/mol. The van der Waals surface area contributed by atoms with Gasteiger partial charge in [0, 0.05) is 17.3 Å². The van der Waals surface area contributed by atoms with E-state index >= 15 is 0 Å². The van der Waals surface area contributed by atoms with Gasteiger partial charge in [0.15, 0.2) is 0 Å². The lowest BCUT2D eigenvalue weighted by Gasteiger charge is -2.47. The van der Waals surface area contributed by atoms with Crippen molar-refractivity contribution in [3.8, 4) is 6.07 Å². The van der Waals surface area contributed by atoms with Crippen molar-refractivity contribution < 1.29 is 0 Å². The standard InChI is InChI=1S/C15H19ClN2/c1-11-13(16)7-4-8-14(11)18-9-5-6-12(10-17)15(18,2)3/h4,7-8,12H,5-6,9H2,1-3H3. The number of piperidine rings is 1. The molecule has 0 aromatic heterocycles. The molecule has 96 valence electrons. The lowest BCUT2D eigenvalue weighted by atomic mass is 9.79. The van der Waals surface area contributed by atoms with Crippen molar-refractivity contribution in [2.24, 2.45) is 5.92 Å². The van der Waals surface area contributed by atoms with Crippen LogP contribution in [0.25, 0.3) is 0 Å². The average molecular weight is 263 g/mol. The second-order valence-corrected chi connectivity index (χ2v) is 5.92. The van der Waals surface area contributed by atoms with Crippen LogP contribution >= 0.6 is 11.6 Å². The highest BCUT2D eigenvalue weighted by atomic mass is 35.5. The van der Waals surface area contributed by atoms with Gasteiger partial charge in [0.25, 0.3) is 0 Å². The zero-order valence-electron chi connectivity index (χ0n) is 11.2. The van der Waals surface area contributed by atoms with Crippen molar-refractivity contribution in [2.75, 3.05) is 11.4 Å². The Morgan fingerprint density at radius 3 is 2.83 bits per heavy atom. The van der Waals surface area contributed by atoms with E-state index in [1.807, 2.05) is 19.1 Å². The van der Waals surface area contributed by atoms with Gasteiger partial charge in [-0.1, -0.05) is 17.7 Å². The van der Waals surface area contributed by atoms with Crippen LogP contribution in [-0.2, 0) is 0 Å². The number of hydrogen-bond donors (Lipinski definition) is 0. The molecule has 0 spiro atoms. The second-order valence-electron chi connectivity index (χ2n) is 5.51. The van der Waals surface area contributed by atoms with E-state index in [0.29, 0.717) is 0 Å². The Hall–Kier alpha value is -1.20. The summed E-state index contributed by atoms with van der Waals surface area (Å²) in [6.45, 7) is 7.34. The van der Waals surface area contributed by atoms with E-state index < -0.39 is 0 Å². The normalized spacial score (nSPS) is 22.6. The molecular weight excluding hydrogens is 244 g/mol. The van der Waals surface area contributed by atoms with Gasteiger partial charge in [-0.2, -0.15) is 5.26 Å². The Bertz CT molecular complexity index is 488. The number of hydrogen-bond acceptors (Lipinski definition) is 2. The highest BCUT2D eigenvalue weighted by molar-refractivity contribution is 6.31. The molecule has 2 nitrogen and oxygen atoms in total. The lowest BCUT2D eigenvalue weighted by Crippen LogP contribution is -2.53. The monoisotopic (exact) mass is 262 g/mol. The number of nitrogens with zero attached hydrogens (tertiary/aromatic N) is 2. The summed E-state index contributed by atoms with van der Waals surface area (Å²) in [5.74, 6) is 0.0737. The Morgan fingerprint density at radius 1 is 1.44 bits per heavy atom. The van der Waals surface area contributed by atoms with Crippen LogP contribution in [0, 0.1) is 24.2 Å². The fraction of sp³-hybridized carbons (Fsp3) is 0.533. The zero-order valence-corrected chi connectivity index (χ0v) is 12.0. The van der Waals surface area contributed by atoms with E-state index in [4.69, 9.17) is 11.6 Å². The van der Waals surface area contributed by atoms with Crippen molar-refractivity contribution in [2.45, 2.75) is 39.2 Å². The number of anilines is 1. The van der Waals surface area contributed by atoms with Gasteiger partial charge in [-0.3, -0.25) is 0 Å². The van der Waals surface area contributed by atoms with E-state index in [1.54, 1.807) is 0 Å². The largest absolute Gasteiger partial charge is 0.365 e. The van der Waals surface area contributed by atoms with Crippen LogP contribution in [-0.4, -0.2) is 12.1 Å². The fourth-order valence-corrected chi connectivity index (χ4v) is 2.99. The molecular formula is C15H19ClN2. The smallest absolute Gasteiger partial charge is 0.0690 e. The summed E-state index contributed by atoms with van der Waals surface area (Å²) in [6.07, 6.45) is 2.05. The summed E-state index contributed by atoms with van der Waals surface area (Å²) in [4.78, 5) is 2.34. The zero-order chi connectivity index (χ0) is 13.3. The van der Waals surface area contributed by atoms with Crippen LogP contribution in [0.2, 0.25) is 5.02 Å². The average Bonchev–Trinajstić information content (AvgIpc) is 2.33. The van der Waals surface area contributed by atoms with Crippen molar-refractivity contribution in [1.82, 2.24) is 0 Å². The minimum atomic E-state index is -0.136. The highest BCUT2D eigenvalue weighted by Gasteiger charge is 2.39. The number of benzene rings is 1. The molecule has 0 saturated carbocycles. The summed E-state index contributed by atoms with van der Waals surface area (Å²) in [7, 11) is 0. The number of halogens is 1. The van der Waals surface area contributed by atoms with E-state index in [1.165, 1.54) is 0 Å². The van der Waals surface area contributed by atoms with E-state index in [9.17, 15) is 5.26 Å². The molecule has 0 aliphatic carbocycles. The molecule has 18 heavy (non-hydrogen) atoms. The molecule has 1 saturated heterocycles. The van der Waals surface area contributed by atoms with Crippen LogP contribution in [0.1, 0.15) is 32.3 Å². The van der Waals surface area contributed by atoms with Gasteiger partial charge in [-0.15, -0.1) is 0 Å². The number of nitriles is 1. The molecule has 0 radical (unpaired) electrons. The Kier molecular flexibility index (Phi) is 3.54. The van der Waals surface area contributed by atoms with Gasteiger partial charge in [-0.05, 0) is 51.3 Å². The van der Waals surface area contributed by atoms with E-state index in [0.717, 1.165) is 35.7 Å². The van der Waals surface area contributed by atoms with Crippen LogP contribution in [0.5, 0.6) is 0 Å². The molecule has 0 bridgehead atoms. The molecule has 2 rings (SSSR count). The first-order valence-electron chi connectivity index (χ1n) is 6.41. The Balaban J connectivity index is 2.44. The summed E-state index contributed by atoms with van der Waals surface area (Å²) in [5, 5.41) is 10.1. The topological polar surface area (TPSA) is 27.0 Å². The van der Waals surface area contributed by atoms with Crippen LogP contribution in [0.15, 0.2) is 18.2 Å². The third-order valence-electron chi connectivity index (χ3n) is 4.11. The summed E-state index contributed by atoms with van der Waals surface area (Å²) in [6, 6.07) is 8.45. The van der Waals surface area contributed by atoms with Gasteiger partial charge in [0.2, 0.25) is 0 Å². The highest BCUT2D eigenvalue weighted by Crippen LogP contribution is 2.39. The van der Waals surface area contributed by atoms with Crippen molar-refractivity contribution in [1.29, 1.82) is 5.26 Å². The minimum Gasteiger partial charge on any atom is -0.365 e. The SMILES string of the molecule is Cc1c(Cl)cccc1N1CCCC(C#N)C1(C)C. The molecule has 1 aromatic carbocycles. The maximum absolute atomic E-state index is 9.31. The molecule has 0 amide bonds. The maximum Gasteiger partial charge on any atom is 0.0690 e. The van der Waals surface area contributed by atoms with E-state index in [2.05, 4.69) is 30.9 Å². The molecule has 1 unspecified atom stereocenters. The van der Waals surface area contributed by atoms with Crippen molar-refractivity contribution >= 4 is 17.3 Å². The first kappa shape index (κ1) is 13.2. The van der Waals surface area contributed by atoms with Crippen LogP contribution in [0.3, 0.4) is 0 Å². The summed E-state index contributed by atoms with van der Waals surface area (Å²) in [5.41, 5.74) is 2.13. The first-order chi connectivity index (χ1) is 8.48. The third-order valence-corrected chi connectivity index (χ3v) is 4.52. The molecule has 0 N–H and O–H groups in total. The minimum absolute atomic E-state index is 0.0737. The predicted octanol–water partition coefficient (Wildman–Crippen LogP) is 4.17. The van der Waals surface area contributed by atoms with Gasteiger partial charge in [-0.25, -0.2) is 0 Å². The van der Waals surface area contributed by atoms with E-state index in [-0.39, 0.29) is 11.5 Å². The van der Waals surface area contributed by atoms with Crippen molar-refractivity contribution in [3.63, 3.8) is 0 Å². The van der Waals surface area contributed by atoms with Crippen LogP contribution in [0.4, 0.5) is 5.69 Å². The lowest BCUT2D eigenvalue weighted by molar-refractivity contribution is 0.292. The van der Waals surface area contributed by atoms with Gasteiger partial charge >= 0.3 is 0 Å². The maximum atomic E-state index is 9.31. The molecule has 1 fully saturated rings. The molecule has 1 aliphatic heterocycles. The van der Waals surface area contributed by atoms with Gasteiger partial charge in [0.05, 0.1) is 17.5 Å². The first-order valence-corrected chi connectivity index (χ1v) is 6.78. The quantitative estimate of drug-likeness (QED) is 0.760. The molecule has 1 aromatic rings. The van der Waals surface area contributed by atoms with Crippen molar-refractivity contribution in [3.05, 3.63) is 28.8 Å². The fourth-order valence-electron chi connectivity index (χ4n) is 2.82. The molecule has 1 heterocycles. The third kappa shape index (κ3) is 2.08. The molecule has 3 heteroatoms. The van der Waals surface area contributed by atoms with Crippen LogP contribution < -0.4 is 4.90 Å². The summed E-state index contributed by atoms with van der Waals surface area (Å²) < 4.78 is 0. The Morgan fingerprint density at radius 2 is 2.17 bits per heavy atom. The molecule has 1 aliphatic rings. The van der Waals surface area contributed by atoms with Gasteiger partial charge in [0.1, 0.15) is 0 Å². The molecule has 1 atom stereocenters. The number of rotatable bonds is 1. The second kappa shape index (κ2) is 4.82. The Labute approximate surface area is 114 Å². The van der Waals surface area contributed by atoms with Gasteiger partial charge < -0.3 is 4.90 Å². The summed E-state index contributed by atoms with van der Waals surface area (Å²) >= 11 is 6.20.